The number of guanidine groups is 1. The molecule has 0 bridgehead atoms. The van der Waals surface area contributed by atoms with Crippen molar-refractivity contribution in [3.63, 3.8) is 0 Å². The molecule has 2 aliphatic carbocycles. The second-order valence-corrected chi connectivity index (χ2v) is 15.4. The van der Waals surface area contributed by atoms with Gasteiger partial charge in [-0.2, -0.15) is 33.3 Å². The number of nitrogens with zero attached hydrogens (tertiary/aromatic N) is 8. The summed E-state index contributed by atoms with van der Waals surface area (Å²) in [6.07, 6.45) is -7.77. The van der Waals surface area contributed by atoms with Gasteiger partial charge in [0.2, 0.25) is 6.43 Å². The molecular formula is C36H35ClF7N9O3. The molecule has 56 heavy (non-hydrogen) atoms. The molecule has 20 heteroatoms. The van der Waals surface area contributed by atoms with Gasteiger partial charge >= 0.3 is 12.1 Å². The number of hydrogen-bond donors (Lipinski definition) is 1. The average molecular weight is 810 g/mol. The summed E-state index contributed by atoms with van der Waals surface area (Å²) >= 11 is 6.41. The summed E-state index contributed by atoms with van der Waals surface area (Å²) in [6.45, 7) is 1.09. The number of ether oxygens (including phenoxy) is 1. The van der Waals surface area contributed by atoms with E-state index in [-0.39, 0.29) is 40.7 Å². The minimum atomic E-state index is -4.82. The normalized spacial score (nSPS) is 20.2. The van der Waals surface area contributed by atoms with Gasteiger partial charge in [0.25, 0.3) is 12.3 Å². The minimum Gasteiger partial charge on any atom is -0.463 e. The van der Waals surface area contributed by atoms with E-state index >= 15 is 0 Å². The first kappa shape index (κ1) is 39.2. The van der Waals surface area contributed by atoms with E-state index in [9.17, 15) is 40.3 Å². The molecular weight excluding hydrogens is 775 g/mol. The zero-order valence-corrected chi connectivity index (χ0v) is 30.6. The van der Waals surface area contributed by atoms with E-state index in [0.29, 0.717) is 11.3 Å². The summed E-state index contributed by atoms with van der Waals surface area (Å²) in [5.74, 6) is -3.39. The summed E-state index contributed by atoms with van der Waals surface area (Å²) in [5.41, 5.74) is 1.12. The van der Waals surface area contributed by atoms with Crippen molar-refractivity contribution in [2.45, 2.75) is 89.0 Å². The predicted octanol–water partition coefficient (Wildman–Crippen LogP) is 7.50. The van der Waals surface area contributed by atoms with E-state index in [1.165, 1.54) is 30.3 Å². The lowest BCUT2D eigenvalue weighted by Gasteiger charge is -2.37. The van der Waals surface area contributed by atoms with Crippen LogP contribution in [0.1, 0.15) is 87.8 Å². The number of nitrogens with two attached hydrogens (primary N) is 1. The Labute approximate surface area is 319 Å². The van der Waals surface area contributed by atoms with Crippen LogP contribution in [0.5, 0.6) is 0 Å². The number of amides is 1. The Balaban J connectivity index is 1.29. The SMILES string of the molecule is CC(C)(C[C@]1(c2ccc(-c3cnn(C4CC4)n3)cc2)N=C(N)N([C@H](COC(=O)CC2(C(F)F)CC2)c2ccc(Cl)c(-n3ncnc3C(F)F)c2)C1=O)C(F)(F)F. The number of halogens is 8. The van der Waals surface area contributed by atoms with Crippen molar-refractivity contribution < 1.29 is 45.1 Å². The fourth-order valence-corrected chi connectivity index (χ4v) is 7.00. The third-order valence-electron chi connectivity index (χ3n) is 10.5. The van der Waals surface area contributed by atoms with E-state index in [1.807, 2.05) is 0 Å². The number of hydrogen-bond acceptors (Lipinski definition) is 9. The van der Waals surface area contributed by atoms with Gasteiger partial charge in [0.15, 0.2) is 17.3 Å². The number of aliphatic imine (C=N–C) groups is 1. The molecule has 7 rings (SSSR count). The van der Waals surface area contributed by atoms with Crippen LogP contribution in [0.15, 0.2) is 60.0 Å². The smallest absolute Gasteiger partial charge is 0.394 e. The number of esters is 1. The van der Waals surface area contributed by atoms with Crippen LogP contribution >= 0.6 is 11.6 Å². The molecule has 0 radical (unpaired) electrons. The Morgan fingerprint density at radius 3 is 2.36 bits per heavy atom. The van der Waals surface area contributed by atoms with Crippen LogP contribution in [0.25, 0.3) is 16.9 Å². The Kier molecular flexibility index (Phi) is 9.90. The van der Waals surface area contributed by atoms with E-state index < -0.39 is 84.5 Å². The lowest BCUT2D eigenvalue weighted by Crippen LogP contribution is -2.49. The van der Waals surface area contributed by atoms with Crippen LogP contribution in [0.3, 0.4) is 0 Å². The summed E-state index contributed by atoms with van der Waals surface area (Å²) < 4.78 is 105. The van der Waals surface area contributed by atoms with Gasteiger partial charge in [0.05, 0.1) is 40.8 Å². The van der Waals surface area contributed by atoms with Gasteiger partial charge in [-0.15, -0.1) is 0 Å². The van der Waals surface area contributed by atoms with Crippen LogP contribution in [0.2, 0.25) is 5.02 Å². The van der Waals surface area contributed by atoms with Crippen molar-refractivity contribution in [3.8, 4) is 16.9 Å². The van der Waals surface area contributed by atoms with Crippen molar-refractivity contribution in [2.75, 3.05) is 6.61 Å². The Morgan fingerprint density at radius 1 is 1.05 bits per heavy atom. The first-order chi connectivity index (χ1) is 26.4. The van der Waals surface area contributed by atoms with Gasteiger partial charge in [-0.05, 0) is 55.4 Å². The second kappa shape index (κ2) is 14.1. The van der Waals surface area contributed by atoms with Gasteiger partial charge in [0, 0.05) is 11.0 Å². The molecule has 12 nitrogen and oxygen atoms in total. The van der Waals surface area contributed by atoms with Gasteiger partial charge in [-0.25, -0.2) is 32.2 Å². The molecule has 0 saturated heterocycles. The maximum Gasteiger partial charge on any atom is 0.394 e. The molecule has 2 atom stereocenters. The zero-order valence-electron chi connectivity index (χ0n) is 29.9. The second-order valence-electron chi connectivity index (χ2n) is 15.0. The highest BCUT2D eigenvalue weighted by Crippen LogP contribution is 2.54. The molecule has 3 heterocycles. The molecule has 0 spiro atoms. The summed E-state index contributed by atoms with van der Waals surface area (Å²) in [6, 6.07) is 8.63. The number of carbonyl (C=O) groups excluding carboxylic acids is 2. The molecule has 2 N–H and O–H groups in total. The highest BCUT2D eigenvalue weighted by Gasteiger charge is 2.59. The number of aromatic nitrogens is 6. The van der Waals surface area contributed by atoms with Crippen molar-refractivity contribution in [1.29, 1.82) is 0 Å². The minimum absolute atomic E-state index is 0.0490. The molecule has 0 unspecified atom stereocenters. The third-order valence-corrected chi connectivity index (χ3v) is 10.9. The fraction of sp³-hybridized carbons (Fsp3) is 0.472. The Morgan fingerprint density at radius 2 is 1.75 bits per heavy atom. The van der Waals surface area contributed by atoms with E-state index in [2.05, 4.69) is 25.3 Å². The maximum absolute atomic E-state index is 14.9. The Hall–Kier alpha value is -5.07. The number of carbonyl (C=O) groups is 2. The first-order valence-corrected chi connectivity index (χ1v) is 17.9. The van der Waals surface area contributed by atoms with Gasteiger partial charge in [0.1, 0.15) is 18.6 Å². The first-order valence-electron chi connectivity index (χ1n) is 17.6. The molecule has 2 fully saturated rings. The van der Waals surface area contributed by atoms with E-state index in [1.54, 1.807) is 23.1 Å². The highest BCUT2D eigenvalue weighted by atomic mass is 35.5. The zero-order chi connectivity index (χ0) is 40.4. The van der Waals surface area contributed by atoms with Crippen LogP contribution in [0.4, 0.5) is 30.7 Å². The molecule has 1 aliphatic heterocycles. The molecule has 1 amide bonds. The largest absolute Gasteiger partial charge is 0.463 e. The fourth-order valence-electron chi connectivity index (χ4n) is 6.80. The van der Waals surface area contributed by atoms with Crippen LogP contribution in [-0.4, -0.2) is 71.7 Å². The lowest BCUT2D eigenvalue weighted by atomic mass is 9.74. The quantitative estimate of drug-likeness (QED) is 0.102. The van der Waals surface area contributed by atoms with Crippen molar-refractivity contribution >= 4 is 29.4 Å². The summed E-state index contributed by atoms with van der Waals surface area (Å²) in [7, 11) is 0. The standard InChI is InChI=1S/C36H35ClF7N9O3/c1-33(2,36(42,43)44)17-35(21-6-3-19(4-7-21)24-15-47-53(50-24)22-8-9-22)31(55)51(32(45)49-35)26(16-56-27(54)14-34(11-12-34)30(40)41)20-5-10-23(37)25(13-20)52-29(28(38)39)46-18-48-52/h3-7,10,13,15,18,22,26,28,30H,8-9,11-12,14,16-17H2,1-2H3,(H2,45,49)/t26-,35-/m1/s1. The van der Waals surface area contributed by atoms with Gasteiger partial charge in [-0.3, -0.25) is 14.5 Å². The summed E-state index contributed by atoms with van der Waals surface area (Å²) in [5, 5.41) is 12.5. The topological polar surface area (TPSA) is 146 Å². The van der Waals surface area contributed by atoms with E-state index in [0.717, 1.165) is 42.6 Å². The molecule has 2 aromatic carbocycles. The number of alkyl halides is 7. The maximum atomic E-state index is 14.9. The van der Waals surface area contributed by atoms with Crippen LogP contribution in [-0.2, 0) is 19.9 Å². The van der Waals surface area contributed by atoms with Crippen LogP contribution in [0, 0.1) is 10.8 Å². The number of benzene rings is 2. The van der Waals surface area contributed by atoms with Gasteiger partial charge < -0.3 is 10.5 Å². The Bertz CT molecular complexity index is 2160. The predicted molar refractivity (Wildman–Crippen MR) is 186 cm³/mol. The molecule has 4 aromatic rings. The lowest BCUT2D eigenvalue weighted by molar-refractivity contribution is -0.218. The summed E-state index contributed by atoms with van der Waals surface area (Å²) in [4.78, 5) is 38.4. The van der Waals surface area contributed by atoms with Crippen LogP contribution < -0.4 is 5.73 Å². The van der Waals surface area contributed by atoms with E-state index in [4.69, 9.17) is 22.1 Å². The number of rotatable bonds is 14. The van der Waals surface area contributed by atoms with Crippen molar-refractivity contribution in [2.24, 2.45) is 21.6 Å². The third kappa shape index (κ3) is 7.20. The van der Waals surface area contributed by atoms with Crippen molar-refractivity contribution in [1.82, 2.24) is 34.7 Å². The molecule has 298 valence electrons. The monoisotopic (exact) mass is 809 g/mol. The van der Waals surface area contributed by atoms with Crippen molar-refractivity contribution in [3.05, 3.63) is 77.0 Å². The molecule has 2 saturated carbocycles. The highest BCUT2D eigenvalue weighted by molar-refractivity contribution is 6.32. The average Bonchev–Trinajstić information content (AvgIpc) is 4.00. The molecule has 3 aliphatic rings. The molecule has 2 aromatic heterocycles. The van der Waals surface area contributed by atoms with Gasteiger partial charge in [-0.1, -0.05) is 55.8 Å².